The lowest BCUT2D eigenvalue weighted by atomic mass is 9.85. The number of primary amides is 1. The molecule has 2 aromatic carbocycles. The van der Waals surface area contributed by atoms with Crippen LogP contribution in [0.1, 0.15) is 46.1 Å². The van der Waals surface area contributed by atoms with E-state index in [0.717, 1.165) is 11.8 Å². The number of aliphatic hydroxyl groups is 1. The summed E-state index contributed by atoms with van der Waals surface area (Å²) in [4.78, 5) is 36.3. The third kappa shape index (κ3) is 9.15. The normalized spacial score (nSPS) is 12.8. The zero-order valence-corrected chi connectivity index (χ0v) is 19.5. The van der Waals surface area contributed by atoms with Crippen LogP contribution in [0.3, 0.4) is 0 Å². The van der Waals surface area contributed by atoms with E-state index in [1.54, 1.807) is 45.0 Å². The minimum Gasteiger partial charge on any atom is -0.396 e. The molecule has 2 aromatic rings. The van der Waals surface area contributed by atoms with Crippen molar-refractivity contribution in [2.24, 2.45) is 17.1 Å². The molecule has 3 amide bonds. The Labute approximate surface area is 193 Å². The summed E-state index contributed by atoms with van der Waals surface area (Å²) >= 11 is 0. The molecule has 0 heterocycles. The molecule has 2 unspecified atom stereocenters. The SMILES string of the molecule is CC(C)(C)C(NC(=O)C(CC(=O)NO)Cc1ccc2ccc(F)cc2c1)C(N)=O.CCCO. The average Bonchev–Trinajstić information content (AvgIpc) is 2.75. The van der Waals surface area contributed by atoms with Crippen molar-refractivity contribution in [1.29, 1.82) is 0 Å². The van der Waals surface area contributed by atoms with Gasteiger partial charge in [0.15, 0.2) is 0 Å². The number of amides is 3. The van der Waals surface area contributed by atoms with Crippen molar-refractivity contribution in [2.45, 2.75) is 53.0 Å². The molecule has 8 nitrogen and oxygen atoms in total. The molecule has 0 aliphatic carbocycles. The summed E-state index contributed by atoms with van der Waals surface area (Å²) in [5, 5.41) is 20.9. The van der Waals surface area contributed by atoms with Crippen LogP contribution in [0.25, 0.3) is 10.8 Å². The van der Waals surface area contributed by atoms with Crippen LogP contribution in [-0.2, 0) is 20.8 Å². The third-order valence-electron chi connectivity index (χ3n) is 4.94. The number of halogens is 1. The lowest BCUT2D eigenvalue weighted by molar-refractivity contribution is -0.136. The van der Waals surface area contributed by atoms with E-state index < -0.39 is 35.1 Å². The first kappa shape index (κ1) is 28.0. The van der Waals surface area contributed by atoms with E-state index in [9.17, 15) is 18.8 Å². The highest BCUT2D eigenvalue weighted by Gasteiger charge is 2.33. The fourth-order valence-electron chi connectivity index (χ4n) is 3.18. The number of hydrogen-bond donors (Lipinski definition) is 5. The van der Waals surface area contributed by atoms with Gasteiger partial charge in [-0.2, -0.15) is 0 Å². The van der Waals surface area contributed by atoms with Crippen molar-refractivity contribution in [2.75, 3.05) is 6.61 Å². The van der Waals surface area contributed by atoms with Crippen LogP contribution in [-0.4, -0.2) is 40.7 Å². The van der Waals surface area contributed by atoms with Crippen LogP contribution in [0, 0.1) is 17.2 Å². The number of hydroxylamine groups is 1. The van der Waals surface area contributed by atoms with Gasteiger partial charge in [0, 0.05) is 13.0 Å². The smallest absolute Gasteiger partial charge is 0.244 e. The van der Waals surface area contributed by atoms with Crippen LogP contribution in [0.4, 0.5) is 4.39 Å². The molecule has 33 heavy (non-hydrogen) atoms. The Morgan fingerprint density at radius 1 is 1.09 bits per heavy atom. The summed E-state index contributed by atoms with van der Waals surface area (Å²) in [7, 11) is 0. The Hall–Kier alpha value is -3.04. The van der Waals surface area contributed by atoms with Crippen LogP contribution in [0.2, 0.25) is 0 Å². The number of fused-ring (bicyclic) bond motifs is 1. The molecule has 0 radical (unpaired) electrons. The number of rotatable bonds is 8. The van der Waals surface area contributed by atoms with E-state index >= 15 is 0 Å². The first-order chi connectivity index (χ1) is 15.4. The molecule has 0 saturated heterocycles. The van der Waals surface area contributed by atoms with Gasteiger partial charge < -0.3 is 16.2 Å². The zero-order chi connectivity index (χ0) is 25.2. The fraction of sp³-hybridized carbons (Fsp3) is 0.458. The van der Waals surface area contributed by atoms with E-state index in [1.807, 2.05) is 6.92 Å². The van der Waals surface area contributed by atoms with Gasteiger partial charge in [-0.25, -0.2) is 9.87 Å². The van der Waals surface area contributed by atoms with E-state index in [2.05, 4.69) is 5.32 Å². The number of hydrogen-bond acceptors (Lipinski definition) is 5. The average molecular weight is 464 g/mol. The van der Waals surface area contributed by atoms with Crippen LogP contribution in [0.5, 0.6) is 0 Å². The second-order valence-electron chi connectivity index (χ2n) is 8.90. The van der Waals surface area contributed by atoms with Crippen molar-refractivity contribution in [3.05, 3.63) is 47.8 Å². The number of nitrogens with one attached hydrogen (secondary N) is 2. The van der Waals surface area contributed by atoms with Crippen molar-refractivity contribution < 1.29 is 29.1 Å². The van der Waals surface area contributed by atoms with Crippen molar-refractivity contribution in [1.82, 2.24) is 10.8 Å². The lowest BCUT2D eigenvalue weighted by Gasteiger charge is -2.30. The highest BCUT2D eigenvalue weighted by atomic mass is 19.1. The van der Waals surface area contributed by atoms with E-state index in [0.29, 0.717) is 17.6 Å². The molecule has 2 atom stereocenters. The summed E-state index contributed by atoms with van der Waals surface area (Å²) in [5.74, 6) is -3.19. The highest BCUT2D eigenvalue weighted by molar-refractivity contribution is 5.90. The fourth-order valence-corrected chi connectivity index (χ4v) is 3.18. The molecule has 0 spiro atoms. The Balaban J connectivity index is 0.00000125. The van der Waals surface area contributed by atoms with Gasteiger partial charge in [0.25, 0.3) is 0 Å². The molecule has 0 aliphatic heterocycles. The van der Waals surface area contributed by atoms with Gasteiger partial charge >= 0.3 is 0 Å². The maximum atomic E-state index is 13.5. The second-order valence-corrected chi connectivity index (χ2v) is 8.90. The van der Waals surface area contributed by atoms with Crippen LogP contribution < -0.4 is 16.5 Å². The van der Waals surface area contributed by atoms with Gasteiger partial charge in [-0.05, 0) is 46.7 Å². The predicted molar refractivity (Wildman–Crippen MR) is 124 cm³/mol. The number of aliphatic hydroxyl groups excluding tert-OH is 1. The summed E-state index contributed by atoms with van der Waals surface area (Å²) in [6.45, 7) is 7.53. The number of carbonyl (C=O) groups is 3. The van der Waals surface area contributed by atoms with E-state index in [-0.39, 0.29) is 18.7 Å². The van der Waals surface area contributed by atoms with Gasteiger partial charge in [-0.1, -0.05) is 52.0 Å². The first-order valence-electron chi connectivity index (χ1n) is 10.7. The van der Waals surface area contributed by atoms with Gasteiger partial charge in [0.1, 0.15) is 11.9 Å². The van der Waals surface area contributed by atoms with E-state index in [1.165, 1.54) is 17.6 Å². The highest BCUT2D eigenvalue weighted by Crippen LogP contribution is 2.23. The molecule has 0 aliphatic rings. The number of benzene rings is 2. The summed E-state index contributed by atoms with van der Waals surface area (Å²) < 4.78 is 13.5. The van der Waals surface area contributed by atoms with Crippen molar-refractivity contribution in [3.63, 3.8) is 0 Å². The third-order valence-corrected chi connectivity index (χ3v) is 4.94. The zero-order valence-electron chi connectivity index (χ0n) is 19.5. The standard InChI is InChI=1S/C21H26FN3O4.C3H8O/c1-21(2,3)18(19(23)27)24-20(28)15(11-17(26)25-29)9-12-4-5-13-6-7-16(22)10-14(13)8-12;1-2-3-4/h4-8,10,15,18,29H,9,11H2,1-3H3,(H2,23,27)(H,24,28)(H,25,26);4H,2-3H2,1H3. The van der Waals surface area contributed by atoms with Crippen molar-refractivity contribution in [3.8, 4) is 0 Å². The Morgan fingerprint density at radius 2 is 1.70 bits per heavy atom. The molecule has 0 saturated carbocycles. The summed E-state index contributed by atoms with van der Waals surface area (Å²) in [6.07, 6.45) is 0.737. The minimum atomic E-state index is -0.930. The monoisotopic (exact) mass is 463 g/mol. The molecule has 0 fully saturated rings. The molecular weight excluding hydrogens is 429 g/mol. The Bertz CT molecular complexity index is 957. The summed E-state index contributed by atoms with van der Waals surface area (Å²) in [6, 6.07) is 8.79. The second kappa shape index (κ2) is 12.9. The molecule has 2 rings (SSSR count). The first-order valence-corrected chi connectivity index (χ1v) is 10.7. The topological polar surface area (TPSA) is 142 Å². The van der Waals surface area contributed by atoms with Gasteiger partial charge in [-0.15, -0.1) is 0 Å². The Kier molecular flexibility index (Phi) is 10.9. The summed E-state index contributed by atoms with van der Waals surface area (Å²) in [5.41, 5.74) is 7.03. The molecule has 0 bridgehead atoms. The van der Waals surface area contributed by atoms with Crippen LogP contribution >= 0.6 is 0 Å². The number of carbonyl (C=O) groups excluding carboxylic acids is 3. The lowest BCUT2D eigenvalue weighted by Crippen LogP contribution is -2.53. The van der Waals surface area contributed by atoms with Gasteiger partial charge in [0.05, 0.1) is 5.92 Å². The van der Waals surface area contributed by atoms with Crippen molar-refractivity contribution >= 4 is 28.5 Å². The largest absolute Gasteiger partial charge is 0.396 e. The molecule has 6 N–H and O–H groups in total. The molecule has 182 valence electrons. The quantitative estimate of drug-likeness (QED) is 0.302. The molecule has 0 aromatic heterocycles. The Morgan fingerprint density at radius 3 is 2.21 bits per heavy atom. The number of nitrogens with two attached hydrogens (primary N) is 1. The molecular formula is C24H34FN3O5. The maximum Gasteiger partial charge on any atom is 0.244 e. The minimum absolute atomic E-state index is 0.154. The van der Waals surface area contributed by atoms with Crippen LogP contribution in [0.15, 0.2) is 36.4 Å². The van der Waals surface area contributed by atoms with Gasteiger partial charge in [-0.3, -0.25) is 19.6 Å². The molecule has 9 heteroatoms. The van der Waals surface area contributed by atoms with Gasteiger partial charge in [0.2, 0.25) is 17.7 Å². The van der Waals surface area contributed by atoms with E-state index in [4.69, 9.17) is 16.0 Å². The maximum absolute atomic E-state index is 13.5. The predicted octanol–water partition coefficient (Wildman–Crippen LogP) is 2.44.